The number of halogens is 1. The third-order valence-corrected chi connectivity index (χ3v) is 6.98. The zero-order valence-corrected chi connectivity index (χ0v) is 21.2. The summed E-state index contributed by atoms with van der Waals surface area (Å²) in [5.74, 6) is 0.749. The van der Waals surface area contributed by atoms with Gasteiger partial charge in [0.1, 0.15) is 17.6 Å². The molecule has 1 saturated heterocycles. The summed E-state index contributed by atoms with van der Waals surface area (Å²) in [6.07, 6.45) is 2.42. The standard InChI is InChI=1S/C25H32ClN5O4/c1-15-22(16(2)35-29-15)24-23-19(26)11-17(12-20(23)31(28-24)8-4-9-33-3)14-30(18-5-6-18)25(32)21-13-27-7-10-34-21/h11-12,18,21,27H,4-10,13-14H2,1-3H3/t21-/m1/s1. The van der Waals surface area contributed by atoms with E-state index in [2.05, 4.69) is 16.5 Å². The molecule has 188 valence electrons. The second-order valence-electron chi connectivity index (χ2n) is 9.35. The highest BCUT2D eigenvalue weighted by Gasteiger charge is 2.37. The van der Waals surface area contributed by atoms with Crippen molar-refractivity contribution in [3.8, 4) is 11.3 Å². The molecule has 10 heteroatoms. The van der Waals surface area contributed by atoms with Crippen LogP contribution < -0.4 is 5.32 Å². The Balaban J connectivity index is 1.52. The van der Waals surface area contributed by atoms with Crippen molar-refractivity contribution in [3.05, 3.63) is 34.2 Å². The lowest BCUT2D eigenvalue weighted by Crippen LogP contribution is -2.49. The fourth-order valence-electron chi connectivity index (χ4n) is 4.80. The molecule has 1 saturated carbocycles. The molecule has 35 heavy (non-hydrogen) atoms. The molecule has 3 aromatic rings. The van der Waals surface area contributed by atoms with Gasteiger partial charge in [-0.15, -0.1) is 0 Å². The second-order valence-corrected chi connectivity index (χ2v) is 9.76. The van der Waals surface area contributed by atoms with Crippen molar-refractivity contribution >= 4 is 28.4 Å². The van der Waals surface area contributed by atoms with Crippen molar-refractivity contribution in [2.45, 2.75) is 58.3 Å². The van der Waals surface area contributed by atoms with Crippen LogP contribution in [0.1, 0.15) is 36.3 Å². The Morgan fingerprint density at radius 2 is 2.17 bits per heavy atom. The summed E-state index contributed by atoms with van der Waals surface area (Å²) in [5, 5.41) is 13.8. The molecule has 1 aliphatic heterocycles. The van der Waals surface area contributed by atoms with Gasteiger partial charge >= 0.3 is 0 Å². The first kappa shape index (κ1) is 24.2. The lowest BCUT2D eigenvalue weighted by atomic mass is 10.0. The third-order valence-electron chi connectivity index (χ3n) is 6.68. The predicted octanol–water partition coefficient (Wildman–Crippen LogP) is 3.48. The van der Waals surface area contributed by atoms with Gasteiger partial charge in [0.15, 0.2) is 0 Å². The van der Waals surface area contributed by atoms with Gasteiger partial charge in [-0.05, 0) is 50.8 Å². The second kappa shape index (κ2) is 10.3. The van der Waals surface area contributed by atoms with Crippen LogP contribution in [0.25, 0.3) is 22.2 Å². The van der Waals surface area contributed by atoms with Crippen LogP contribution in [0.2, 0.25) is 5.02 Å². The number of carbonyl (C=O) groups excluding carboxylic acids is 1. The van der Waals surface area contributed by atoms with Gasteiger partial charge in [0.05, 0.1) is 28.4 Å². The molecule has 2 aliphatic rings. The predicted molar refractivity (Wildman–Crippen MR) is 132 cm³/mol. The van der Waals surface area contributed by atoms with Crippen molar-refractivity contribution in [1.82, 2.24) is 25.2 Å². The van der Waals surface area contributed by atoms with E-state index < -0.39 is 6.10 Å². The SMILES string of the molecule is COCCCn1nc(-c2c(C)noc2C)c2c(Cl)cc(CN(C(=O)[C@H]3CNCCO3)C3CC3)cc21. The average Bonchev–Trinajstić information content (AvgIpc) is 3.56. The van der Waals surface area contributed by atoms with Gasteiger partial charge in [0.2, 0.25) is 0 Å². The quantitative estimate of drug-likeness (QED) is 0.448. The number of aromatic nitrogens is 3. The van der Waals surface area contributed by atoms with Crippen molar-refractivity contribution < 1.29 is 18.8 Å². The molecule has 0 bridgehead atoms. The number of benzene rings is 1. The number of hydrogen-bond donors (Lipinski definition) is 1. The topological polar surface area (TPSA) is 94.7 Å². The zero-order valence-electron chi connectivity index (χ0n) is 20.5. The molecular formula is C25H32ClN5O4. The van der Waals surface area contributed by atoms with Gasteiger partial charge in [0, 0.05) is 51.3 Å². The molecule has 3 heterocycles. The number of aryl methyl sites for hydroxylation is 3. The largest absolute Gasteiger partial charge is 0.385 e. The number of morpholine rings is 1. The van der Waals surface area contributed by atoms with Crippen LogP contribution in [-0.4, -0.2) is 71.3 Å². The van der Waals surface area contributed by atoms with E-state index in [1.54, 1.807) is 7.11 Å². The van der Waals surface area contributed by atoms with E-state index >= 15 is 0 Å². The van der Waals surface area contributed by atoms with E-state index in [0.717, 1.165) is 59.2 Å². The van der Waals surface area contributed by atoms with Gasteiger partial charge in [-0.3, -0.25) is 9.48 Å². The molecule has 1 aliphatic carbocycles. The van der Waals surface area contributed by atoms with Gasteiger partial charge in [0.25, 0.3) is 5.91 Å². The molecule has 0 radical (unpaired) electrons. The van der Waals surface area contributed by atoms with E-state index in [4.69, 9.17) is 30.7 Å². The lowest BCUT2D eigenvalue weighted by Gasteiger charge is -2.30. The average molecular weight is 502 g/mol. The molecule has 1 N–H and O–H groups in total. The van der Waals surface area contributed by atoms with Gasteiger partial charge in [-0.1, -0.05) is 16.8 Å². The van der Waals surface area contributed by atoms with E-state index in [1.807, 2.05) is 29.5 Å². The molecule has 1 aromatic carbocycles. The Labute approximate surface area is 209 Å². The van der Waals surface area contributed by atoms with Crippen LogP contribution in [0.4, 0.5) is 0 Å². The van der Waals surface area contributed by atoms with Crippen LogP contribution in [0.15, 0.2) is 16.7 Å². The monoisotopic (exact) mass is 501 g/mol. The van der Waals surface area contributed by atoms with E-state index in [-0.39, 0.29) is 11.9 Å². The number of fused-ring (bicyclic) bond motifs is 1. The molecule has 2 aromatic heterocycles. The maximum atomic E-state index is 13.3. The number of ether oxygens (including phenoxy) is 2. The number of amides is 1. The minimum atomic E-state index is -0.436. The van der Waals surface area contributed by atoms with Crippen LogP contribution in [0, 0.1) is 13.8 Å². The highest BCUT2D eigenvalue weighted by Crippen LogP contribution is 2.38. The Morgan fingerprint density at radius 1 is 1.34 bits per heavy atom. The number of rotatable bonds is 9. The number of nitrogens with one attached hydrogen (secondary N) is 1. The summed E-state index contributed by atoms with van der Waals surface area (Å²) in [6, 6.07) is 4.31. The van der Waals surface area contributed by atoms with Crippen LogP contribution in [0.3, 0.4) is 0 Å². The highest BCUT2D eigenvalue weighted by molar-refractivity contribution is 6.36. The summed E-state index contributed by atoms with van der Waals surface area (Å²) < 4.78 is 18.4. The van der Waals surface area contributed by atoms with Crippen LogP contribution in [0.5, 0.6) is 0 Å². The smallest absolute Gasteiger partial charge is 0.253 e. The molecule has 0 spiro atoms. The molecule has 2 fully saturated rings. The van der Waals surface area contributed by atoms with Crippen molar-refractivity contribution in [1.29, 1.82) is 0 Å². The Kier molecular flexibility index (Phi) is 7.11. The maximum absolute atomic E-state index is 13.3. The number of hydrogen-bond acceptors (Lipinski definition) is 7. The summed E-state index contributed by atoms with van der Waals surface area (Å²) in [4.78, 5) is 15.2. The van der Waals surface area contributed by atoms with E-state index in [0.29, 0.717) is 43.6 Å². The minimum Gasteiger partial charge on any atom is -0.385 e. The highest BCUT2D eigenvalue weighted by atomic mass is 35.5. The Morgan fingerprint density at radius 3 is 2.83 bits per heavy atom. The first-order chi connectivity index (χ1) is 17.0. The lowest BCUT2D eigenvalue weighted by molar-refractivity contribution is -0.146. The summed E-state index contributed by atoms with van der Waals surface area (Å²) in [6.45, 7) is 7.48. The fourth-order valence-corrected chi connectivity index (χ4v) is 5.13. The van der Waals surface area contributed by atoms with E-state index in [1.165, 1.54) is 0 Å². The molecule has 5 rings (SSSR count). The summed E-state index contributed by atoms with van der Waals surface area (Å²) in [5.41, 5.74) is 4.31. The first-order valence-corrected chi connectivity index (χ1v) is 12.6. The zero-order chi connectivity index (χ0) is 24.5. The fraction of sp³-hybridized carbons (Fsp3) is 0.560. The summed E-state index contributed by atoms with van der Waals surface area (Å²) in [7, 11) is 1.69. The maximum Gasteiger partial charge on any atom is 0.253 e. The Bertz CT molecular complexity index is 1190. The molecule has 1 amide bonds. The third kappa shape index (κ3) is 4.95. The van der Waals surface area contributed by atoms with Crippen molar-refractivity contribution in [3.63, 3.8) is 0 Å². The van der Waals surface area contributed by atoms with Gasteiger partial charge < -0.3 is 24.2 Å². The molecule has 1 atom stereocenters. The van der Waals surface area contributed by atoms with Crippen LogP contribution in [-0.2, 0) is 27.4 Å². The van der Waals surface area contributed by atoms with E-state index in [9.17, 15) is 4.79 Å². The molecule has 9 nitrogen and oxygen atoms in total. The number of nitrogens with zero attached hydrogens (tertiary/aromatic N) is 4. The molecule has 0 unspecified atom stereocenters. The number of carbonyl (C=O) groups is 1. The summed E-state index contributed by atoms with van der Waals surface area (Å²) >= 11 is 6.90. The minimum absolute atomic E-state index is 0.0425. The Hall–Kier alpha value is -2.46. The van der Waals surface area contributed by atoms with Crippen molar-refractivity contribution in [2.24, 2.45) is 0 Å². The first-order valence-electron chi connectivity index (χ1n) is 12.2. The number of methoxy groups -OCH3 is 1. The van der Waals surface area contributed by atoms with Crippen LogP contribution >= 0.6 is 11.6 Å². The van der Waals surface area contributed by atoms with Gasteiger partial charge in [-0.25, -0.2) is 0 Å². The normalized spacial score (nSPS) is 18.3. The van der Waals surface area contributed by atoms with Gasteiger partial charge in [-0.2, -0.15) is 5.10 Å². The molecular weight excluding hydrogens is 470 g/mol. The van der Waals surface area contributed by atoms with Crippen molar-refractivity contribution in [2.75, 3.05) is 33.4 Å².